The molecule has 0 aromatic heterocycles. The molecule has 19 heavy (non-hydrogen) atoms. The molecule has 0 amide bonds. The fourth-order valence-electron chi connectivity index (χ4n) is 3.92. The summed E-state index contributed by atoms with van der Waals surface area (Å²) in [6.07, 6.45) is 9.33. The van der Waals surface area contributed by atoms with Crippen LogP contribution in [0.1, 0.15) is 51.4 Å². The maximum absolute atomic E-state index is 6.47. The lowest BCUT2D eigenvalue weighted by molar-refractivity contribution is -0.189. The van der Waals surface area contributed by atoms with Crippen LogP contribution >= 0.6 is 0 Å². The molecule has 1 saturated carbocycles. The molecule has 3 fully saturated rings. The molecule has 2 saturated heterocycles. The Bertz CT molecular complexity index is 296. The summed E-state index contributed by atoms with van der Waals surface area (Å²) in [7, 11) is 0. The predicted molar refractivity (Wildman–Crippen MR) is 73.1 cm³/mol. The third kappa shape index (κ3) is 2.97. The maximum Gasteiger partial charge on any atom is 0.0851 e. The van der Waals surface area contributed by atoms with E-state index in [1.54, 1.807) is 0 Å². The van der Waals surface area contributed by atoms with Gasteiger partial charge in [-0.1, -0.05) is 12.8 Å². The summed E-state index contributed by atoms with van der Waals surface area (Å²) in [5.41, 5.74) is 5.98. The lowest BCUT2D eigenvalue weighted by Gasteiger charge is -2.44. The molecule has 0 radical (unpaired) electrons. The molecule has 1 spiro atoms. The summed E-state index contributed by atoms with van der Waals surface area (Å²) < 4.78 is 18.0. The smallest absolute Gasteiger partial charge is 0.0851 e. The molecule has 2 heterocycles. The fraction of sp³-hybridized carbons (Fsp3) is 1.00. The van der Waals surface area contributed by atoms with Crippen LogP contribution in [0, 0.1) is 0 Å². The highest BCUT2D eigenvalue weighted by Crippen LogP contribution is 2.42. The van der Waals surface area contributed by atoms with E-state index < -0.39 is 0 Å². The molecule has 0 aromatic rings. The van der Waals surface area contributed by atoms with Crippen LogP contribution in [-0.2, 0) is 14.2 Å². The van der Waals surface area contributed by atoms with E-state index in [1.165, 1.54) is 25.7 Å². The van der Waals surface area contributed by atoms with Gasteiger partial charge in [-0.05, 0) is 19.3 Å². The third-order valence-corrected chi connectivity index (χ3v) is 5.16. The molecule has 2 N–H and O–H groups in total. The molecule has 3 aliphatic rings. The largest absolute Gasteiger partial charge is 0.381 e. The van der Waals surface area contributed by atoms with Gasteiger partial charge in [-0.3, -0.25) is 0 Å². The Kier molecular flexibility index (Phi) is 4.13. The van der Waals surface area contributed by atoms with Crippen LogP contribution in [0.25, 0.3) is 0 Å². The molecular weight excluding hydrogens is 242 g/mol. The Hall–Kier alpha value is -0.160. The van der Waals surface area contributed by atoms with Crippen LogP contribution in [0.3, 0.4) is 0 Å². The standard InChI is InChI=1S/C15H27NO3/c16-12-15(6-9-17-10-7-15)19-13-3-8-18-14(11-13)4-1-2-5-14/h13H,1-12,16H2. The molecule has 1 aliphatic carbocycles. The molecule has 2 aliphatic heterocycles. The van der Waals surface area contributed by atoms with Crippen molar-refractivity contribution in [2.75, 3.05) is 26.4 Å². The van der Waals surface area contributed by atoms with Crippen LogP contribution in [-0.4, -0.2) is 43.7 Å². The minimum atomic E-state index is -0.139. The summed E-state index contributed by atoms with van der Waals surface area (Å²) >= 11 is 0. The Labute approximate surface area is 116 Å². The van der Waals surface area contributed by atoms with Crippen molar-refractivity contribution in [2.45, 2.75) is 68.7 Å². The van der Waals surface area contributed by atoms with Crippen LogP contribution in [0.4, 0.5) is 0 Å². The zero-order valence-corrected chi connectivity index (χ0v) is 11.9. The number of hydrogen-bond donors (Lipinski definition) is 1. The predicted octanol–water partition coefficient (Wildman–Crippen LogP) is 2.00. The summed E-state index contributed by atoms with van der Waals surface area (Å²) in [5, 5.41) is 0. The topological polar surface area (TPSA) is 53.7 Å². The number of ether oxygens (including phenoxy) is 3. The molecule has 3 rings (SSSR count). The molecule has 4 heteroatoms. The van der Waals surface area contributed by atoms with Gasteiger partial charge in [0.25, 0.3) is 0 Å². The molecular formula is C15H27NO3. The zero-order chi connectivity index (χ0) is 13.2. The molecule has 1 unspecified atom stereocenters. The van der Waals surface area contributed by atoms with Gasteiger partial charge in [0.05, 0.1) is 17.3 Å². The van der Waals surface area contributed by atoms with E-state index in [2.05, 4.69) is 0 Å². The van der Waals surface area contributed by atoms with Gasteiger partial charge in [0.2, 0.25) is 0 Å². The SMILES string of the molecule is NCC1(OC2CCOC3(CCCC3)C2)CCOCC1. The van der Waals surface area contributed by atoms with Gasteiger partial charge in [-0.25, -0.2) is 0 Å². The van der Waals surface area contributed by atoms with Crippen molar-refractivity contribution < 1.29 is 14.2 Å². The van der Waals surface area contributed by atoms with Gasteiger partial charge in [-0.15, -0.1) is 0 Å². The number of hydrogen-bond acceptors (Lipinski definition) is 4. The van der Waals surface area contributed by atoms with Crippen molar-refractivity contribution >= 4 is 0 Å². The summed E-state index contributed by atoms with van der Waals surface area (Å²) in [4.78, 5) is 0. The van der Waals surface area contributed by atoms with Crippen molar-refractivity contribution in [3.63, 3.8) is 0 Å². The molecule has 110 valence electrons. The Morgan fingerprint density at radius 1 is 1.05 bits per heavy atom. The quantitative estimate of drug-likeness (QED) is 0.851. The second-order valence-electron chi connectivity index (χ2n) is 6.47. The third-order valence-electron chi connectivity index (χ3n) is 5.16. The fourth-order valence-corrected chi connectivity index (χ4v) is 3.92. The Balaban J connectivity index is 1.61. The summed E-state index contributed by atoms with van der Waals surface area (Å²) in [5.74, 6) is 0. The first-order chi connectivity index (χ1) is 9.26. The van der Waals surface area contributed by atoms with Gasteiger partial charge in [-0.2, -0.15) is 0 Å². The zero-order valence-electron chi connectivity index (χ0n) is 11.9. The van der Waals surface area contributed by atoms with E-state index in [0.29, 0.717) is 12.6 Å². The summed E-state index contributed by atoms with van der Waals surface area (Å²) in [6.45, 7) is 3.03. The highest BCUT2D eigenvalue weighted by molar-refractivity contribution is 4.94. The minimum absolute atomic E-state index is 0.129. The van der Waals surface area contributed by atoms with E-state index in [9.17, 15) is 0 Å². The maximum atomic E-state index is 6.47. The lowest BCUT2D eigenvalue weighted by Crippen LogP contribution is -2.50. The van der Waals surface area contributed by atoms with Crippen molar-refractivity contribution in [2.24, 2.45) is 5.73 Å². The number of rotatable bonds is 3. The normalized spacial score (nSPS) is 33.6. The van der Waals surface area contributed by atoms with E-state index in [4.69, 9.17) is 19.9 Å². The van der Waals surface area contributed by atoms with Crippen molar-refractivity contribution in [3.8, 4) is 0 Å². The first-order valence-electron chi connectivity index (χ1n) is 7.86. The van der Waals surface area contributed by atoms with E-state index in [1.807, 2.05) is 0 Å². The van der Waals surface area contributed by atoms with Crippen LogP contribution in [0.15, 0.2) is 0 Å². The average molecular weight is 269 g/mol. The van der Waals surface area contributed by atoms with Crippen molar-refractivity contribution in [1.29, 1.82) is 0 Å². The second kappa shape index (κ2) is 5.68. The minimum Gasteiger partial charge on any atom is -0.381 e. The molecule has 1 atom stereocenters. The van der Waals surface area contributed by atoms with Gasteiger partial charge >= 0.3 is 0 Å². The van der Waals surface area contributed by atoms with Crippen molar-refractivity contribution in [3.05, 3.63) is 0 Å². The van der Waals surface area contributed by atoms with E-state index >= 15 is 0 Å². The molecule has 0 bridgehead atoms. The van der Waals surface area contributed by atoms with Crippen LogP contribution in [0.5, 0.6) is 0 Å². The summed E-state index contributed by atoms with van der Waals surface area (Å²) in [6, 6.07) is 0. The second-order valence-corrected chi connectivity index (χ2v) is 6.47. The molecule has 0 aromatic carbocycles. The highest BCUT2D eigenvalue weighted by Gasteiger charge is 2.43. The highest BCUT2D eigenvalue weighted by atomic mass is 16.5. The monoisotopic (exact) mass is 269 g/mol. The van der Waals surface area contributed by atoms with Gasteiger partial charge in [0.1, 0.15) is 0 Å². The Morgan fingerprint density at radius 3 is 2.47 bits per heavy atom. The van der Waals surface area contributed by atoms with E-state index in [0.717, 1.165) is 45.5 Å². The van der Waals surface area contributed by atoms with Crippen LogP contribution in [0.2, 0.25) is 0 Å². The first-order valence-corrected chi connectivity index (χ1v) is 7.86. The first kappa shape index (κ1) is 13.8. The van der Waals surface area contributed by atoms with Gasteiger partial charge in [0, 0.05) is 45.6 Å². The van der Waals surface area contributed by atoms with E-state index in [-0.39, 0.29) is 11.2 Å². The lowest BCUT2D eigenvalue weighted by atomic mass is 9.88. The van der Waals surface area contributed by atoms with Gasteiger partial charge in [0.15, 0.2) is 0 Å². The van der Waals surface area contributed by atoms with Gasteiger partial charge < -0.3 is 19.9 Å². The average Bonchev–Trinajstić information content (AvgIpc) is 2.88. The van der Waals surface area contributed by atoms with Crippen molar-refractivity contribution in [1.82, 2.24) is 0 Å². The number of nitrogens with two attached hydrogens (primary N) is 1. The Morgan fingerprint density at radius 2 is 1.79 bits per heavy atom. The van der Waals surface area contributed by atoms with Crippen LogP contribution < -0.4 is 5.73 Å². The molecule has 4 nitrogen and oxygen atoms in total.